The topological polar surface area (TPSA) is 76.9 Å². The second-order valence-electron chi connectivity index (χ2n) is 4.94. The second-order valence-corrected chi connectivity index (χ2v) is 4.94. The zero-order chi connectivity index (χ0) is 14.7. The molecule has 0 saturated heterocycles. The number of aryl methyl sites for hydroxylation is 1. The van der Waals surface area contributed by atoms with Crippen LogP contribution in [-0.2, 0) is 11.3 Å². The number of hydrogen-bond donors (Lipinski definition) is 1. The van der Waals surface area contributed by atoms with Crippen LogP contribution in [0.4, 0.5) is 0 Å². The minimum absolute atomic E-state index is 0.0221. The fraction of sp³-hybridized carbons (Fsp3) is 0.429. The van der Waals surface area contributed by atoms with E-state index in [0.717, 1.165) is 0 Å². The van der Waals surface area contributed by atoms with Crippen LogP contribution in [0.5, 0.6) is 0 Å². The minimum atomic E-state index is -0.126. The molecule has 106 valence electrons. The van der Waals surface area contributed by atoms with E-state index in [9.17, 15) is 9.59 Å². The zero-order valence-electron chi connectivity index (χ0n) is 11.9. The van der Waals surface area contributed by atoms with Gasteiger partial charge in [-0.2, -0.15) is 0 Å². The lowest BCUT2D eigenvalue weighted by Gasteiger charge is -2.12. The molecule has 1 amide bonds. The summed E-state index contributed by atoms with van der Waals surface area (Å²) < 4.78 is 1.56. The molecule has 6 nitrogen and oxygen atoms in total. The van der Waals surface area contributed by atoms with Gasteiger partial charge in [-0.3, -0.25) is 14.2 Å². The van der Waals surface area contributed by atoms with E-state index in [1.807, 2.05) is 13.8 Å². The molecule has 0 aliphatic rings. The number of hydrogen-bond acceptors (Lipinski definition) is 4. The number of nitrogens with zero attached hydrogens (tertiary/aromatic N) is 3. The fourth-order valence-electron chi connectivity index (χ4n) is 1.92. The van der Waals surface area contributed by atoms with Crippen LogP contribution >= 0.6 is 0 Å². The van der Waals surface area contributed by atoms with Crippen LogP contribution in [0.1, 0.15) is 19.7 Å². The van der Waals surface area contributed by atoms with Crippen molar-refractivity contribution < 1.29 is 4.79 Å². The number of carbonyl (C=O) groups excluding carboxylic acids is 1. The highest BCUT2D eigenvalue weighted by Gasteiger charge is 2.09. The first-order valence-corrected chi connectivity index (χ1v) is 6.60. The fourth-order valence-corrected chi connectivity index (χ4v) is 1.92. The number of amides is 1. The predicted octanol–water partition coefficient (Wildman–Crippen LogP) is 0.872. The summed E-state index contributed by atoms with van der Waals surface area (Å²) in [6.45, 7) is 6.23. The van der Waals surface area contributed by atoms with Gasteiger partial charge in [-0.1, -0.05) is 13.8 Å². The van der Waals surface area contributed by atoms with Crippen molar-refractivity contribution in [3.63, 3.8) is 0 Å². The molecular formula is C14H18N4O2. The van der Waals surface area contributed by atoms with Crippen molar-refractivity contribution in [2.75, 3.05) is 6.54 Å². The maximum absolute atomic E-state index is 12.3. The smallest absolute Gasteiger partial charge is 0.263 e. The van der Waals surface area contributed by atoms with Gasteiger partial charge in [0.1, 0.15) is 5.82 Å². The SMILES string of the molecule is Cc1nc2ncccc2c(=O)n1CCNC(=O)C(C)C. The molecule has 2 rings (SSSR count). The Labute approximate surface area is 116 Å². The van der Waals surface area contributed by atoms with E-state index in [4.69, 9.17) is 0 Å². The highest BCUT2D eigenvalue weighted by Crippen LogP contribution is 2.03. The van der Waals surface area contributed by atoms with E-state index in [-0.39, 0.29) is 17.4 Å². The second kappa shape index (κ2) is 5.81. The van der Waals surface area contributed by atoms with Gasteiger partial charge in [0.2, 0.25) is 5.91 Å². The number of aromatic nitrogens is 3. The molecule has 0 spiro atoms. The Hall–Kier alpha value is -2.24. The molecule has 2 aromatic heterocycles. The number of carbonyl (C=O) groups is 1. The van der Waals surface area contributed by atoms with E-state index in [2.05, 4.69) is 15.3 Å². The third-order valence-corrected chi connectivity index (χ3v) is 3.08. The van der Waals surface area contributed by atoms with Crippen LogP contribution in [0.2, 0.25) is 0 Å². The molecule has 0 radical (unpaired) electrons. The molecule has 0 aliphatic heterocycles. The molecule has 2 heterocycles. The first-order chi connectivity index (χ1) is 9.50. The predicted molar refractivity (Wildman–Crippen MR) is 76.4 cm³/mol. The Bertz CT molecular complexity index is 691. The first-order valence-electron chi connectivity index (χ1n) is 6.60. The van der Waals surface area contributed by atoms with Crippen LogP contribution < -0.4 is 10.9 Å². The normalized spacial score (nSPS) is 11.0. The van der Waals surface area contributed by atoms with Gasteiger partial charge in [0.05, 0.1) is 5.39 Å². The number of nitrogens with one attached hydrogen (secondary N) is 1. The van der Waals surface area contributed by atoms with Crippen LogP contribution in [-0.4, -0.2) is 27.0 Å². The van der Waals surface area contributed by atoms with Gasteiger partial charge in [-0.15, -0.1) is 0 Å². The molecule has 0 saturated carbocycles. The number of rotatable bonds is 4. The molecule has 20 heavy (non-hydrogen) atoms. The van der Waals surface area contributed by atoms with Gasteiger partial charge >= 0.3 is 0 Å². The maximum Gasteiger partial charge on any atom is 0.263 e. The summed E-state index contributed by atoms with van der Waals surface area (Å²) >= 11 is 0. The highest BCUT2D eigenvalue weighted by atomic mass is 16.2. The van der Waals surface area contributed by atoms with E-state index < -0.39 is 0 Å². The van der Waals surface area contributed by atoms with E-state index >= 15 is 0 Å². The first kappa shape index (κ1) is 14.2. The summed E-state index contributed by atoms with van der Waals surface area (Å²) in [6, 6.07) is 3.42. The summed E-state index contributed by atoms with van der Waals surface area (Å²) in [6.07, 6.45) is 1.61. The maximum atomic E-state index is 12.3. The molecule has 0 aliphatic carbocycles. The van der Waals surface area contributed by atoms with Crippen LogP contribution in [0.15, 0.2) is 23.1 Å². The number of fused-ring (bicyclic) bond motifs is 1. The molecule has 2 aromatic rings. The monoisotopic (exact) mass is 274 g/mol. The summed E-state index contributed by atoms with van der Waals surface area (Å²) in [4.78, 5) is 32.2. The molecule has 6 heteroatoms. The van der Waals surface area contributed by atoms with Crippen LogP contribution in [0, 0.1) is 12.8 Å². The van der Waals surface area contributed by atoms with E-state index in [0.29, 0.717) is 29.9 Å². The zero-order valence-corrected chi connectivity index (χ0v) is 11.9. The van der Waals surface area contributed by atoms with Gasteiger partial charge in [-0.05, 0) is 19.1 Å². The summed E-state index contributed by atoms with van der Waals surface area (Å²) in [7, 11) is 0. The van der Waals surface area contributed by atoms with E-state index in [1.54, 1.807) is 29.8 Å². The quantitative estimate of drug-likeness (QED) is 0.897. The molecule has 0 bridgehead atoms. The van der Waals surface area contributed by atoms with Gasteiger partial charge in [-0.25, -0.2) is 9.97 Å². The van der Waals surface area contributed by atoms with Crippen molar-refractivity contribution in [3.8, 4) is 0 Å². The Morgan fingerprint density at radius 2 is 2.20 bits per heavy atom. The number of pyridine rings is 1. The average Bonchev–Trinajstić information content (AvgIpc) is 2.42. The van der Waals surface area contributed by atoms with E-state index in [1.165, 1.54) is 0 Å². The van der Waals surface area contributed by atoms with Gasteiger partial charge < -0.3 is 5.32 Å². The summed E-state index contributed by atoms with van der Waals surface area (Å²) in [5, 5.41) is 3.28. The highest BCUT2D eigenvalue weighted by molar-refractivity contribution is 5.77. The molecule has 0 atom stereocenters. The van der Waals surface area contributed by atoms with Crippen molar-refractivity contribution in [3.05, 3.63) is 34.5 Å². The molecule has 0 fully saturated rings. The lowest BCUT2D eigenvalue weighted by Crippen LogP contribution is -2.34. The van der Waals surface area contributed by atoms with Crippen molar-refractivity contribution in [2.24, 2.45) is 5.92 Å². The standard InChI is InChI=1S/C14H18N4O2/c1-9(2)13(19)16-7-8-18-10(3)17-12-11(14(18)20)5-4-6-15-12/h4-6,9H,7-8H2,1-3H3,(H,16,19). The minimum Gasteiger partial charge on any atom is -0.354 e. The van der Waals surface area contributed by atoms with Crippen molar-refractivity contribution in [1.29, 1.82) is 0 Å². The summed E-state index contributed by atoms with van der Waals surface area (Å²) in [5.41, 5.74) is 0.330. The molecule has 0 aromatic carbocycles. The van der Waals surface area contributed by atoms with Gasteiger partial charge in [0.25, 0.3) is 5.56 Å². The Balaban J connectivity index is 2.22. The van der Waals surface area contributed by atoms with Gasteiger partial charge in [0.15, 0.2) is 5.65 Å². The van der Waals surface area contributed by atoms with Crippen molar-refractivity contribution in [1.82, 2.24) is 19.9 Å². The van der Waals surface area contributed by atoms with Crippen molar-refractivity contribution >= 4 is 16.9 Å². The third-order valence-electron chi connectivity index (χ3n) is 3.08. The lowest BCUT2D eigenvalue weighted by atomic mass is 10.2. The Morgan fingerprint density at radius 1 is 1.45 bits per heavy atom. The van der Waals surface area contributed by atoms with Crippen LogP contribution in [0.3, 0.4) is 0 Å². The van der Waals surface area contributed by atoms with Crippen LogP contribution in [0.25, 0.3) is 11.0 Å². The van der Waals surface area contributed by atoms with Gasteiger partial charge in [0, 0.05) is 25.2 Å². The average molecular weight is 274 g/mol. The molecule has 1 N–H and O–H groups in total. The molecule has 0 unspecified atom stereocenters. The largest absolute Gasteiger partial charge is 0.354 e. The Morgan fingerprint density at radius 3 is 2.90 bits per heavy atom. The third kappa shape index (κ3) is 2.84. The lowest BCUT2D eigenvalue weighted by molar-refractivity contribution is -0.124. The summed E-state index contributed by atoms with van der Waals surface area (Å²) in [5.74, 6) is 0.512. The van der Waals surface area contributed by atoms with Crippen molar-refractivity contribution in [2.45, 2.75) is 27.3 Å². The molecular weight excluding hydrogens is 256 g/mol. The Kier molecular flexibility index (Phi) is 4.12.